The summed E-state index contributed by atoms with van der Waals surface area (Å²) < 4.78 is 11.3. The van der Waals surface area contributed by atoms with E-state index in [1.54, 1.807) is 24.3 Å². The third-order valence-electron chi connectivity index (χ3n) is 4.23. The molecule has 28 heavy (non-hydrogen) atoms. The van der Waals surface area contributed by atoms with Crippen molar-refractivity contribution in [3.05, 3.63) is 64.7 Å². The topological polar surface area (TPSA) is 93.7 Å². The number of carbonyl (C=O) groups is 3. The minimum atomic E-state index is -0.820. The van der Waals surface area contributed by atoms with Gasteiger partial charge in [-0.3, -0.25) is 20.2 Å². The van der Waals surface area contributed by atoms with Crippen LogP contribution in [0, 0.1) is 13.8 Å². The average molecular weight is 380 g/mol. The smallest absolute Gasteiger partial charge is 0.328 e. The summed E-state index contributed by atoms with van der Waals surface area (Å²) in [4.78, 5) is 34.5. The van der Waals surface area contributed by atoms with E-state index in [0.29, 0.717) is 24.5 Å². The van der Waals surface area contributed by atoms with E-state index >= 15 is 0 Å². The van der Waals surface area contributed by atoms with E-state index in [2.05, 4.69) is 6.92 Å². The zero-order valence-electron chi connectivity index (χ0n) is 15.6. The molecular weight excluding hydrogens is 360 g/mol. The molecule has 0 aliphatic carbocycles. The molecule has 0 atom stereocenters. The number of barbiturate groups is 1. The van der Waals surface area contributed by atoms with Gasteiger partial charge in [0.1, 0.15) is 30.3 Å². The molecule has 7 nitrogen and oxygen atoms in total. The molecule has 1 aliphatic rings. The minimum Gasteiger partial charge on any atom is -0.490 e. The number of carbonyl (C=O) groups excluding carboxylic acids is 3. The van der Waals surface area contributed by atoms with Crippen molar-refractivity contribution in [1.29, 1.82) is 0 Å². The van der Waals surface area contributed by atoms with E-state index in [1.807, 2.05) is 35.8 Å². The lowest BCUT2D eigenvalue weighted by molar-refractivity contribution is -0.123. The van der Waals surface area contributed by atoms with E-state index in [1.165, 1.54) is 17.2 Å². The zero-order chi connectivity index (χ0) is 20.1. The van der Waals surface area contributed by atoms with Crippen molar-refractivity contribution >= 4 is 23.9 Å². The van der Waals surface area contributed by atoms with Crippen molar-refractivity contribution in [2.24, 2.45) is 0 Å². The van der Waals surface area contributed by atoms with E-state index in [9.17, 15) is 14.4 Å². The number of ether oxygens (including phenoxy) is 2. The Hall–Kier alpha value is -3.61. The predicted octanol–water partition coefficient (Wildman–Crippen LogP) is 2.51. The largest absolute Gasteiger partial charge is 0.490 e. The van der Waals surface area contributed by atoms with Crippen molar-refractivity contribution in [2.45, 2.75) is 13.8 Å². The third kappa shape index (κ3) is 4.76. The molecule has 1 saturated heterocycles. The second kappa shape index (κ2) is 8.39. The Balaban J connectivity index is 1.52. The number of amides is 4. The highest BCUT2D eigenvalue weighted by Crippen LogP contribution is 2.17. The third-order valence-corrected chi connectivity index (χ3v) is 4.23. The van der Waals surface area contributed by atoms with Crippen molar-refractivity contribution < 1.29 is 23.9 Å². The second-order valence-corrected chi connectivity index (χ2v) is 6.31. The van der Waals surface area contributed by atoms with Crippen LogP contribution in [-0.2, 0) is 9.59 Å². The van der Waals surface area contributed by atoms with Gasteiger partial charge in [-0.15, -0.1) is 0 Å². The Morgan fingerprint density at radius 1 is 0.786 bits per heavy atom. The SMILES string of the molecule is Cc1ccc(OCCOc2ccc(C=C3C(=O)NC(=O)NC3=O)cc2)cc1C. The fourth-order valence-electron chi connectivity index (χ4n) is 2.56. The molecule has 0 radical (unpaired) electrons. The normalized spacial score (nSPS) is 13.6. The lowest BCUT2D eigenvalue weighted by Gasteiger charge is -2.14. The fraction of sp³-hybridized carbons (Fsp3) is 0.190. The summed E-state index contributed by atoms with van der Waals surface area (Å²) in [5, 5.41) is 4.06. The first-order valence-electron chi connectivity index (χ1n) is 8.73. The molecular formula is C21H20N2O5. The lowest BCUT2D eigenvalue weighted by Crippen LogP contribution is -2.51. The molecule has 2 aromatic carbocycles. The van der Waals surface area contributed by atoms with Crippen LogP contribution in [0.4, 0.5) is 4.79 Å². The van der Waals surface area contributed by atoms with Gasteiger partial charge in [0.05, 0.1) is 0 Å². The number of hydrogen-bond donors (Lipinski definition) is 2. The van der Waals surface area contributed by atoms with Gasteiger partial charge >= 0.3 is 6.03 Å². The molecule has 0 saturated carbocycles. The molecule has 0 unspecified atom stereocenters. The first kappa shape index (κ1) is 19.2. The second-order valence-electron chi connectivity index (χ2n) is 6.31. The van der Waals surface area contributed by atoms with Crippen LogP contribution in [0.1, 0.15) is 16.7 Å². The molecule has 1 aliphatic heterocycles. The summed E-state index contributed by atoms with van der Waals surface area (Å²) >= 11 is 0. The quantitative estimate of drug-likeness (QED) is 0.456. The van der Waals surface area contributed by atoms with Gasteiger partial charge in [0, 0.05) is 0 Å². The first-order valence-corrected chi connectivity index (χ1v) is 8.73. The summed E-state index contributed by atoms with van der Waals surface area (Å²) in [6.45, 7) is 4.87. The van der Waals surface area contributed by atoms with E-state index < -0.39 is 17.8 Å². The molecule has 4 amide bonds. The summed E-state index contributed by atoms with van der Waals surface area (Å²) in [5.41, 5.74) is 2.89. The number of nitrogens with one attached hydrogen (secondary N) is 2. The maximum atomic E-state index is 11.7. The van der Waals surface area contributed by atoms with Gasteiger partial charge in [-0.2, -0.15) is 0 Å². The van der Waals surface area contributed by atoms with Gasteiger partial charge in [0.2, 0.25) is 0 Å². The van der Waals surface area contributed by atoms with Gasteiger partial charge in [-0.05, 0) is 60.9 Å². The molecule has 0 bridgehead atoms. The Labute approximate surface area is 162 Å². The number of rotatable bonds is 6. The Morgan fingerprint density at radius 2 is 1.36 bits per heavy atom. The van der Waals surface area contributed by atoms with Crippen LogP contribution >= 0.6 is 0 Å². The number of benzene rings is 2. The van der Waals surface area contributed by atoms with Crippen LogP contribution in [0.25, 0.3) is 6.08 Å². The van der Waals surface area contributed by atoms with Gasteiger partial charge in [-0.1, -0.05) is 18.2 Å². The average Bonchev–Trinajstić information content (AvgIpc) is 2.65. The van der Waals surface area contributed by atoms with Crippen LogP contribution in [0.3, 0.4) is 0 Å². The highest BCUT2D eigenvalue weighted by atomic mass is 16.5. The van der Waals surface area contributed by atoms with Crippen LogP contribution < -0.4 is 20.1 Å². The van der Waals surface area contributed by atoms with Gasteiger partial charge in [0.15, 0.2) is 0 Å². The molecule has 7 heteroatoms. The molecule has 2 aromatic rings. The number of aryl methyl sites for hydroxylation is 2. The number of hydrogen-bond acceptors (Lipinski definition) is 5. The van der Waals surface area contributed by atoms with Crippen molar-refractivity contribution in [3.8, 4) is 11.5 Å². The van der Waals surface area contributed by atoms with Crippen LogP contribution in [0.15, 0.2) is 48.0 Å². The van der Waals surface area contributed by atoms with Gasteiger partial charge in [-0.25, -0.2) is 4.79 Å². The van der Waals surface area contributed by atoms with Crippen molar-refractivity contribution in [1.82, 2.24) is 10.6 Å². The maximum absolute atomic E-state index is 11.7. The Bertz CT molecular complexity index is 926. The highest BCUT2D eigenvalue weighted by molar-refractivity contribution is 6.31. The molecule has 0 spiro atoms. The summed E-state index contributed by atoms with van der Waals surface area (Å²) in [5.74, 6) is -0.00936. The standard InChI is InChI=1S/C21H20N2O5/c1-13-3-6-17(11-14(13)2)28-10-9-27-16-7-4-15(5-8-16)12-18-19(24)22-21(26)23-20(18)25/h3-8,11-12H,9-10H2,1-2H3,(H2,22,23,24,25,26). The number of imide groups is 2. The van der Waals surface area contributed by atoms with E-state index in [4.69, 9.17) is 9.47 Å². The zero-order valence-corrected chi connectivity index (χ0v) is 15.6. The summed E-state index contributed by atoms with van der Waals surface area (Å²) in [7, 11) is 0. The molecule has 3 rings (SSSR count). The van der Waals surface area contributed by atoms with Gasteiger partial charge in [0.25, 0.3) is 11.8 Å². The monoisotopic (exact) mass is 380 g/mol. The predicted molar refractivity (Wildman–Crippen MR) is 103 cm³/mol. The molecule has 1 fully saturated rings. The highest BCUT2D eigenvalue weighted by Gasteiger charge is 2.27. The van der Waals surface area contributed by atoms with E-state index in [-0.39, 0.29) is 5.57 Å². The first-order chi connectivity index (χ1) is 13.4. The minimum absolute atomic E-state index is 0.130. The van der Waals surface area contributed by atoms with Gasteiger partial charge < -0.3 is 9.47 Å². The lowest BCUT2D eigenvalue weighted by atomic mass is 10.1. The maximum Gasteiger partial charge on any atom is 0.328 e. The van der Waals surface area contributed by atoms with E-state index in [0.717, 1.165) is 5.75 Å². The fourth-order valence-corrected chi connectivity index (χ4v) is 2.56. The van der Waals surface area contributed by atoms with Crippen LogP contribution in [-0.4, -0.2) is 31.1 Å². The Kier molecular flexibility index (Phi) is 5.74. The summed E-state index contributed by atoms with van der Waals surface area (Å²) in [6, 6.07) is 12.0. The van der Waals surface area contributed by atoms with Crippen molar-refractivity contribution in [2.75, 3.05) is 13.2 Å². The van der Waals surface area contributed by atoms with Crippen LogP contribution in [0.2, 0.25) is 0 Å². The molecule has 0 aromatic heterocycles. The molecule has 1 heterocycles. The Morgan fingerprint density at radius 3 is 1.96 bits per heavy atom. The number of urea groups is 1. The molecule has 144 valence electrons. The molecule has 2 N–H and O–H groups in total. The van der Waals surface area contributed by atoms with Crippen LogP contribution in [0.5, 0.6) is 11.5 Å². The van der Waals surface area contributed by atoms with Crippen molar-refractivity contribution in [3.63, 3.8) is 0 Å². The summed E-state index contributed by atoms with van der Waals surface area (Å²) in [6.07, 6.45) is 1.41.